The Balaban J connectivity index is 2.56. The number of nitro groups is 1. The number of carboxylic acids is 1. The minimum atomic E-state index is -1.08. The van der Waals surface area contributed by atoms with Crippen LogP contribution in [0.15, 0.2) is 42.5 Å². The molecule has 0 aliphatic carbocycles. The van der Waals surface area contributed by atoms with E-state index in [1.807, 2.05) is 0 Å². The highest BCUT2D eigenvalue weighted by molar-refractivity contribution is 5.90. The van der Waals surface area contributed by atoms with E-state index in [0.29, 0.717) is 17.4 Å². The highest BCUT2D eigenvalue weighted by Crippen LogP contribution is 2.27. The standard InChI is InChI=1S/C14H9NO5/c16-8-12-5-4-10(7-13(12)15(19)20)9-2-1-3-11(6-9)14(17)18/h1-8H,(H,17,18). The van der Waals surface area contributed by atoms with Crippen LogP contribution < -0.4 is 0 Å². The lowest BCUT2D eigenvalue weighted by molar-refractivity contribution is -0.385. The number of carboxylic acid groups (broad SMARTS) is 1. The Kier molecular flexibility index (Phi) is 3.56. The summed E-state index contributed by atoms with van der Waals surface area (Å²) < 4.78 is 0. The van der Waals surface area contributed by atoms with E-state index < -0.39 is 10.9 Å². The second kappa shape index (κ2) is 5.31. The van der Waals surface area contributed by atoms with E-state index in [1.54, 1.807) is 12.1 Å². The Morgan fingerprint density at radius 3 is 2.45 bits per heavy atom. The maximum Gasteiger partial charge on any atom is 0.335 e. The van der Waals surface area contributed by atoms with Crippen LogP contribution in [0.25, 0.3) is 11.1 Å². The van der Waals surface area contributed by atoms with Gasteiger partial charge in [0.15, 0.2) is 6.29 Å². The first-order valence-corrected chi connectivity index (χ1v) is 5.60. The Morgan fingerprint density at radius 1 is 1.15 bits per heavy atom. The molecule has 0 saturated carbocycles. The second-order valence-corrected chi connectivity index (χ2v) is 4.03. The number of hydrogen-bond donors (Lipinski definition) is 1. The molecule has 0 aromatic heterocycles. The largest absolute Gasteiger partial charge is 0.478 e. The number of nitrogens with zero attached hydrogens (tertiary/aromatic N) is 1. The topological polar surface area (TPSA) is 97.5 Å². The molecule has 0 unspecified atom stereocenters. The van der Waals surface area contributed by atoms with Crippen molar-refractivity contribution in [3.05, 3.63) is 63.7 Å². The maximum atomic E-state index is 10.9. The summed E-state index contributed by atoms with van der Waals surface area (Å²) in [5.74, 6) is -1.08. The van der Waals surface area contributed by atoms with Crippen molar-refractivity contribution >= 4 is 17.9 Å². The molecule has 6 nitrogen and oxygen atoms in total. The molecule has 2 rings (SSSR count). The molecule has 0 amide bonds. The molecule has 100 valence electrons. The molecular formula is C14H9NO5. The SMILES string of the molecule is O=Cc1ccc(-c2cccc(C(=O)O)c2)cc1[N+](=O)[O-]. The van der Waals surface area contributed by atoms with Gasteiger partial charge in [0, 0.05) is 6.07 Å². The van der Waals surface area contributed by atoms with E-state index in [2.05, 4.69) is 0 Å². The van der Waals surface area contributed by atoms with Crippen molar-refractivity contribution in [2.75, 3.05) is 0 Å². The third-order valence-electron chi connectivity index (χ3n) is 2.80. The smallest absolute Gasteiger partial charge is 0.335 e. The molecule has 0 aliphatic heterocycles. The van der Waals surface area contributed by atoms with Gasteiger partial charge in [0.1, 0.15) is 0 Å². The lowest BCUT2D eigenvalue weighted by Crippen LogP contribution is -1.97. The molecule has 0 heterocycles. The predicted octanol–water partition coefficient (Wildman–Crippen LogP) is 2.77. The normalized spacial score (nSPS) is 10.0. The minimum absolute atomic E-state index is 0.0202. The third kappa shape index (κ3) is 2.54. The zero-order valence-corrected chi connectivity index (χ0v) is 10.1. The average Bonchev–Trinajstić information content (AvgIpc) is 2.46. The molecule has 0 radical (unpaired) electrons. The minimum Gasteiger partial charge on any atom is -0.478 e. The summed E-state index contributed by atoms with van der Waals surface area (Å²) in [7, 11) is 0. The fourth-order valence-corrected chi connectivity index (χ4v) is 1.81. The molecule has 1 N–H and O–H groups in total. The number of hydrogen-bond acceptors (Lipinski definition) is 4. The fraction of sp³-hybridized carbons (Fsp3) is 0. The van der Waals surface area contributed by atoms with Gasteiger partial charge in [-0.15, -0.1) is 0 Å². The zero-order valence-electron chi connectivity index (χ0n) is 10.1. The summed E-state index contributed by atoms with van der Waals surface area (Å²) >= 11 is 0. The molecule has 2 aromatic carbocycles. The summed E-state index contributed by atoms with van der Waals surface area (Å²) in [5.41, 5.74) is 0.770. The van der Waals surface area contributed by atoms with Crippen LogP contribution >= 0.6 is 0 Å². The summed E-state index contributed by atoms with van der Waals surface area (Å²) in [4.78, 5) is 31.9. The number of aromatic carboxylic acids is 1. The van der Waals surface area contributed by atoms with Crippen molar-refractivity contribution in [2.24, 2.45) is 0 Å². The van der Waals surface area contributed by atoms with E-state index in [1.165, 1.54) is 30.3 Å². The average molecular weight is 271 g/mol. The fourth-order valence-electron chi connectivity index (χ4n) is 1.81. The summed E-state index contributed by atoms with van der Waals surface area (Å²) in [6.45, 7) is 0. The van der Waals surface area contributed by atoms with Crippen LogP contribution in [0.5, 0.6) is 0 Å². The van der Waals surface area contributed by atoms with Gasteiger partial charge in [-0.25, -0.2) is 4.79 Å². The zero-order chi connectivity index (χ0) is 14.7. The third-order valence-corrected chi connectivity index (χ3v) is 2.80. The molecule has 0 saturated heterocycles. The first kappa shape index (κ1) is 13.4. The van der Waals surface area contributed by atoms with E-state index in [4.69, 9.17) is 5.11 Å². The number of benzene rings is 2. The second-order valence-electron chi connectivity index (χ2n) is 4.03. The Morgan fingerprint density at radius 2 is 1.85 bits per heavy atom. The number of rotatable bonds is 4. The van der Waals surface area contributed by atoms with Crippen LogP contribution in [-0.4, -0.2) is 22.3 Å². The van der Waals surface area contributed by atoms with Crippen molar-refractivity contribution in [1.29, 1.82) is 0 Å². The van der Waals surface area contributed by atoms with Gasteiger partial charge in [0.2, 0.25) is 0 Å². The molecular weight excluding hydrogens is 262 g/mol. The van der Waals surface area contributed by atoms with Crippen molar-refractivity contribution in [1.82, 2.24) is 0 Å². The predicted molar refractivity (Wildman–Crippen MR) is 70.9 cm³/mol. The highest BCUT2D eigenvalue weighted by atomic mass is 16.6. The van der Waals surface area contributed by atoms with Crippen LogP contribution in [0.1, 0.15) is 20.7 Å². The highest BCUT2D eigenvalue weighted by Gasteiger charge is 2.15. The number of carbonyl (C=O) groups is 2. The van der Waals surface area contributed by atoms with Gasteiger partial charge < -0.3 is 5.11 Å². The van der Waals surface area contributed by atoms with Crippen molar-refractivity contribution < 1.29 is 19.6 Å². The molecule has 20 heavy (non-hydrogen) atoms. The van der Waals surface area contributed by atoms with Gasteiger partial charge >= 0.3 is 5.97 Å². The van der Waals surface area contributed by atoms with Crippen LogP contribution in [0.4, 0.5) is 5.69 Å². The number of carbonyl (C=O) groups excluding carboxylic acids is 1. The molecule has 0 bridgehead atoms. The van der Waals surface area contributed by atoms with Crippen LogP contribution in [0.3, 0.4) is 0 Å². The van der Waals surface area contributed by atoms with E-state index in [-0.39, 0.29) is 16.8 Å². The van der Waals surface area contributed by atoms with Crippen LogP contribution in [0.2, 0.25) is 0 Å². The lowest BCUT2D eigenvalue weighted by atomic mass is 10.0. The first-order valence-electron chi connectivity index (χ1n) is 5.60. The Hall–Kier alpha value is -3.02. The van der Waals surface area contributed by atoms with Crippen LogP contribution in [0, 0.1) is 10.1 Å². The molecule has 0 atom stereocenters. The lowest BCUT2D eigenvalue weighted by Gasteiger charge is -2.04. The Bertz CT molecular complexity index is 708. The van der Waals surface area contributed by atoms with Gasteiger partial charge in [0.05, 0.1) is 16.1 Å². The number of nitro benzene ring substituents is 1. The van der Waals surface area contributed by atoms with Crippen molar-refractivity contribution in [3.8, 4) is 11.1 Å². The summed E-state index contributed by atoms with van der Waals surface area (Å²) in [6, 6.07) is 10.2. The van der Waals surface area contributed by atoms with Gasteiger partial charge in [-0.05, 0) is 29.3 Å². The monoisotopic (exact) mass is 271 g/mol. The maximum absolute atomic E-state index is 10.9. The first-order chi connectivity index (χ1) is 9.52. The molecule has 2 aromatic rings. The molecule has 0 spiro atoms. The van der Waals surface area contributed by atoms with E-state index >= 15 is 0 Å². The molecule has 0 aliphatic rings. The summed E-state index contributed by atoms with van der Waals surface area (Å²) in [5, 5.41) is 19.8. The van der Waals surface area contributed by atoms with Crippen LogP contribution in [-0.2, 0) is 0 Å². The van der Waals surface area contributed by atoms with Crippen molar-refractivity contribution in [2.45, 2.75) is 0 Å². The molecule has 6 heteroatoms. The molecule has 0 fully saturated rings. The van der Waals surface area contributed by atoms with Crippen molar-refractivity contribution in [3.63, 3.8) is 0 Å². The number of aldehydes is 1. The van der Waals surface area contributed by atoms with Gasteiger partial charge in [-0.2, -0.15) is 0 Å². The van der Waals surface area contributed by atoms with E-state index in [0.717, 1.165) is 0 Å². The Labute approximate surface area is 113 Å². The summed E-state index contributed by atoms with van der Waals surface area (Å²) in [6.07, 6.45) is 0.412. The quantitative estimate of drug-likeness (QED) is 0.523. The van der Waals surface area contributed by atoms with E-state index in [9.17, 15) is 19.7 Å². The van der Waals surface area contributed by atoms with Gasteiger partial charge in [-0.3, -0.25) is 14.9 Å². The van der Waals surface area contributed by atoms with Gasteiger partial charge in [-0.1, -0.05) is 18.2 Å². The van der Waals surface area contributed by atoms with Gasteiger partial charge in [0.25, 0.3) is 5.69 Å².